The first-order chi connectivity index (χ1) is 14.0. The van der Waals surface area contributed by atoms with Gasteiger partial charge in [-0.2, -0.15) is 0 Å². The zero-order valence-corrected chi connectivity index (χ0v) is 17.2. The van der Waals surface area contributed by atoms with Crippen LogP contribution in [0.1, 0.15) is 34.8 Å². The van der Waals surface area contributed by atoms with E-state index >= 15 is 0 Å². The third-order valence-corrected chi connectivity index (χ3v) is 5.13. The maximum absolute atomic E-state index is 12.9. The first-order valence-corrected chi connectivity index (χ1v) is 10.0. The fourth-order valence-electron chi connectivity index (χ4n) is 3.20. The zero-order valence-electron chi connectivity index (χ0n) is 17.2. The molecule has 0 saturated carbocycles. The summed E-state index contributed by atoms with van der Waals surface area (Å²) in [7, 11) is 0. The van der Waals surface area contributed by atoms with Gasteiger partial charge in [-0.1, -0.05) is 25.1 Å². The van der Waals surface area contributed by atoms with E-state index in [0.29, 0.717) is 49.7 Å². The van der Waals surface area contributed by atoms with Gasteiger partial charge in [0.2, 0.25) is 0 Å². The molecule has 1 heterocycles. The molecule has 0 radical (unpaired) electrons. The van der Waals surface area contributed by atoms with E-state index < -0.39 is 6.10 Å². The number of benzene rings is 2. The van der Waals surface area contributed by atoms with E-state index in [9.17, 15) is 9.59 Å². The van der Waals surface area contributed by atoms with Gasteiger partial charge in [-0.05, 0) is 55.7 Å². The van der Waals surface area contributed by atoms with Crippen molar-refractivity contribution in [3.63, 3.8) is 0 Å². The highest BCUT2D eigenvalue weighted by Gasteiger charge is 2.24. The molecule has 0 aromatic heterocycles. The summed E-state index contributed by atoms with van der Waals surface area (Å²) >= 11 is 0. The quantitative estimate of drug-likeness (QED) is 0.811. The Kier molecular flexibility index (Phi) is 6.88. The van der Waals surface area contributed by atoms with Crippen molar-refractivity contribution in [2.24, 2.45) is 0 Å². The third kappa shape index (κ3) is 5.15. The number of rotatable bonds is 6. The standard InChI is InChI=1S/C23H28N2O4/c1-4-21(29-18-10-9-16(2)17(3)15-18)22(26)24-20-8-6-5-7-19(20)23(27)25-11-13-28-14-12-25/h5-10,15,21H,4,11-14H2,1-3H3,(H,24,26)/t21-/m0/s1. The molecule has 0 bridgehead atoms. The number of nitrogens with zero attached hydrogens (tertiary/aromatic N) is 1. The van der Waals surface area contributed by atoms with Gasteiger partial charge in [0.1, 0.15) is 5.75 Å². The van der Waals surface area contributed by atoms with E-state index in [1.54, 1.807) is 29.2 Å². The minimum absolute atomic E-state index is 0.104. The van der Waals surface area contributed by atoms with Gasteiger partial charge in [0.15, 0.2) is 6.10 Å². The number of carbonyl (C=O) groups is 2. The molecule has 1 saturated heterocycles. The Hall–Kier alpha value is -2.86. The van der Waals surface area contributed by atoms with Crippen LogP contribution >= 0.6 is 0 Å². The largest absolute Gasteiger partial charge is 0.481 e. The molecule has 1 atom stereocenters. The molecule has 2 aromatic carbocycles. The first kappa shape index (κ1) is 20.9. The van der Waals surface area contributed by atoms with Gasteiger partial charge < -0.3 is 19.7 Å². The maximum atomic E-state index is 12.9. The minimum atomic E-state index is -0.649. The number of para-hydroxylation sites is 1. The molecule has 1 aliphatic rings. The second-order valence-electron chi connectivity index (χ2n) is 7.20. The minimum Gasteiger partial charge on any atom is -0.481 e. The Morgan fingerprint density at radius 3 is 2.52 bits per heavy atom. The summed E-state index contributed by atoms with van der Waals surface area (Å²) in [6, 6.07) is 12.9. The topological polar surface area (TPSA) is 67.9 Å². The molecule has 0 aliphatic carbocycles. The molecule has 154 valence electrons. The highest BCUT2D eigenvalue weighted by Crippen LogP contribution is 2.21. The lowest BCUT2D eigenvalue weighted by atomic mass is 10.1. The normalized spacial score (nSPS) is 14.9. The number of anilines is 1. The van der Waals surface area contributed by atoms with Crippen LogP contribution in [0, 0.1) is 13.8 Å². The molecule has 1 N–H and O–H groups in total. The molecule has 1 fully saturated rings. The van der Waals surface area contributed by atoms with Crippen LogP contribution in [0.25, 0.3) is 0 Å². The predicted octanol–water partition coefficient (Wildman–Crippen LogP) is 3.57. The molecule has 6 nitrogen and oxygen atoms in total. The Bertz CT molecular complexity index is 875. The molecule has 29 heavy (non-hydrogen) atoms. The highest BCUT2D eigenvalue weighted by molar-refractivity contribution is 6.04. The van der Waals surface area contributed by atoms with E-state index in [4.69, 9.17) is 9.47 Å². The van der Waals surface area contributed by atoms with Gasteiger partial charge in [-0.25, -0.2) is 0 Å². The van der Waals surface area contributed by atoms with E-state index in [-0.39, 0.29) is 11.8 Å². The maximum Gasteiger partial charge on any atom is 0.265 e. The smallest absolute Gasteiger partial charge is 0.265 e. The van der Waals surface area contributed by atoms with Crippen molar-refractivity contribution in [1.82, 2.24) is 4.90 Å². The van der Waals surface area contributed by atoms with Crippen LogP contribution in [0.4, 0.5) is 5.69 Å². The average molecular weight is 396 g/mol. The molecule has 2 amide bonds. The second kappa shape index (κ2) is 9.56. The van der Waals surface area contributed by atoms with Gasteiger partial charge in [0.25, 0.3) is 11.8 Å². The SMILES string of the molecule is CC[C@H](Oc1ccc(C)c(C)c1)C(=O)Nc1ccccc1C(=O)N1CCOCC1. The summed E-state index contributed by atoms with van der Waals surface area (Å²) in [4.78, 5) is 27.5. The number of hydrogen-bond acceptors (Lipinski definition) is 4. The lowest BCUT2D eigenvalue weighted by Gasteiger charge is -2.27. The predicted molar refractivity (Wildman–Crippen MR) is 112 cm³/mol. The summed E-state index contributed by atoms with van der Waals surface area (Å²) in [6.07, 6.45) is -0.137. The van der Waals surface area contributed by atoms with E-state index in [1.807, 2.05) is 39.0 Å². The van der Waals surface area contributed by atoms with Crippen molar-refractivity contribution in [3.8, 4) is 5.75 Å². The zero-order chi connectivity index (χ0) is 20.8. The van der Waals surface area contributed by atoms with Crippen LogP contribution in [-0.4, -0.2) is 49.1 Å². The lowest BCUT2D eigenvalue weighted by molar-refractivity contribution is -0.122. The van der Waals surface area contributed by atoms with Crippen molar-refractivity contribution in [1.29, 1.82) is 0 Å². The average Bonchev–Trinajstić information content (AvgIpc) is 2.75. The molecular weight excluding hydrogens is 368 g/mol. The van der Waals surface area contributed by atoms with Crippen LogP contribution in [0.2, 0.25) is 0 Å². The molecular formula is C23H28N2O4. The number of carbonyl (C=O) groups excluding carboxylic acids is 2. The number of ether oxygens (including phenoxy) is 2. The monoisotopic (exact) mass is 396 g/mol. The number of aryl methyl sites for hydroxylation is 2. The molecule has 1 aliphatic heterocycles. The van der Waals surface area contributed by atoms with Crippen LogP contribution in [0.5, 0.6) is 5.75 Å². The van der Waals surface area contributed by atoms with Gasteiger partial charge in [0.05, 0.1) is 24.5 Å². The molecule has 2 aromatic rings. The first-order valence-electron chi connectivity index (χ1n) is 10.0. The fourth-order valence-corrected chi connectivity index (χ4v) is 3.20. The Morgan fingerprint density at radius 2 is 1.83 bits per heavy atom. The van der Waals surface area contributed by atoms with Crippen LogP contribution < -0.4 is 10.1 Å². The number of nitrogens with one attached hydrogen (secondary N) is 1. The molecule has 0 unspecified atom stereocenters. The molecule has 0 spiro atoms. The summed E-state index contributed by atoms with van der Waals surface area (Å²) in [5, 5.41) is 2.89. The van der Waals surface area contributed by atoms with Crippen molar-refractivity contribution in [3.05, 3.63) is 59.2 Å². The molecule has 6 heteroatoms. The Labute approximate surface area is 171 Å². The van der Waals surface area contributed by atoms with Gasteiger partial charge in [0, 0.05) is 13.1 Å². The van der Waals surface area contributed by atoms with Gasteiger partial charge >= 0.3 is 0 Å². The summed E-state index contributed by atoms with van der Waals surface area (Å²) in [5.41, 5.74) is 3.25. The van der Waals surface area contributed by atoms with E-state index in [0.717, 1.165) is 5.56 Å². The van der Waals surface area contributed by atoms with Gasteiger partial charge in [-0.3, -0.25) is 9.59 Å². The summed E-state index contributed by atoms with van der Waals surface area (Å²) in [5.74, 6) is 0.285. The summed E-state index contributed by atoms with van der Waals surface area (Å²) < 4.78 is 11.2. The number of hydrogen-bond donors (Lipinski definition) is 1. The summed E-state index contributed by atoms with van der Waals surface area (Å²) in [6.45, 7) is 8.10. The Balaban J connectivity index is 1.73. The van der Waals surface area contributed by atoms with Gasteiger partial charge in [-0.15, -0.1) is 0 Å². The van der Waals surface area contributed by atoms with Crippen molar-refractivity contribution >= 4 is 17.5 Å². The van der Waals surface area contributed by atoms with Crippen LogP contribution in [0.3, 0.4) is 0 Å². The lowest BCUT2D eigenvalue weighted by Crippen LogP contribution is -2.41. The highest BCUT2D eigenvalue weighted by atomic mass is 16.5. The van der Waals surface area contributed by atoms with Crippen molar-refractivity contribution in [2.45, 2.75) is 33.3 Å². The van der Waals surface area contributed by atoms with Crippen molar-refractivity contribution < 1.29 is 19.1 Å². The second-order valence-corrected chi connectivity index (χ2v) is 7.20. The fraction of sp³-hybridized carbons (Fsp3) is 0.391. The van der Waals surface area contributed by atoms with Crippen molar-refractivity contribution in [2.75, 3.05) is 31.6 Å². The van der Waals surface area contributed by atoms with E-state index in [1.165, 1.54) is 5.56 Å². The number of morpholine rings is 1. The number of amides is 2. The molecule has 3 rings (SSSR count). The van der Waals surface area contributed by atoms with Crippen LogP contribution in [-0.2, 0) is 9.53 Å². The Morgan fingerprint density at radius 1 is 1.10 bits per heavy atom. The third-order valence-electron chi connectivity index (χ3n) is 5.13. The van der Waals surface area contributed by atoms with Crippen LogP contribution in [0.15, 0.2) is 42.5 Å². The van der Waals surface area contributed by atoms with E-state index in [2.05, 4.69) is 5.32 Å².